The van der Waals surface area contributed by atoms with Crippen LogP contribution in [0.25, 0.3) is 0 Å². The molecule has 0 spiro atoms. The second-order valence-electron chi connectivity index (χ2n) is 10.7. The predicted molar refractivity (Wildman–Crippen MR) is 156 cm³/mol. The predicted octanol–water partition coefficient (Wildman–Crippen LogP) is 5.48. The topological polar surface area (TPSA) is 86.8 Å². The molecule has 1 N–H and O–H groups in total. The number of carbonyl (C=O) groups is 2. The maximum Gasteiger partial charge on any atom is 0.264 e. The molecule has 0 saturated carbocycles. The number of hydrogen-bond acceptors (Lipinski definition) is 4. The highest BCUT2D eigenvalue weighted by Crippen LogP contribution is 2.27. The molecule has 0 saturated heterocycles. The van der Waals surface area contributed by atoms with Crippen LogP contribution in [-0.2, 0) is 26.2 Å². The molecule has 2 amide bonds. The number of aryl methyl sites for hydroxylation is 2. The first-order valence-corrected chi connectivity index (χ1v) is 14.5. The number of sulfonamides is 1. The largest absolute Gasteiger partial charge is 0.350 e. The zero-order valence-electron chi connectivity index (χ0n) is 23.2. The van der Waals surface area contributed by atoms with Crippen molar-refractivity contribution in [3.63, 3.8) is 0 Å². The third kappa shape index (κ3) is 8.07. The van der Waals surface area contributed by atoms with Gasteiger partial charge in [-0.15, -0.1) is 0 Å². The van der Waals surface area contributed by atoms with Gasteiger partial charge in [0.1, 0.15) is 12.6 Å². The smallest absolute Gasteiger partial charge is 0.264 e. The Morgan fingerprint density at radius 3 is 2.10 bits per heavy atom. The Kier molecular flexibility index (Phi) is 9.46. The Hall–Kier alpha value is -3.36. The number of anilines is 1. The molecule has 0 fully saturated rings. The van der Waals surface area contributed by atoms with E-state index in [4.69, 9.17) is 11.6 Å². The molecule has 9 heteroatoms. The van der Waals surface area contributed by atoms with Gasteiger partial charge < -0.3 is 10.2 Å². The number of nitrogens with one attached hydrogen (secondary N) is 1. The maximum atomic E-state index is 14.0. The summed E-state index contributed by atoms with van der Waals surface area (Å²) in [7, 11) is -4.11. The van der Waals surface area contributed by atoms with Crippen LogP contribution in [0.4, 0.5) is 5.69 Å². The first-order valence-electron chi connectivity index (χ1n) is 12.7. The van der Waals surface area contributed by atoms with Gasteiger partial charge in [0.15, 0.2) is 0 Å². The molecule has 0 aliphatic heterocycles. The van der Waals surface area contributed by atoms with Crippen molar-refractivity contribution in [3.8, 4) is 0 Å². The van der Waals surface area contributed by atoms with Crippen LogP contribution in [0.15, 0.2) is 77.7 Å². The van der Waals surface area contributed by atoms with Crippen molar-refractivity contribution in [2.24, 2.45) is 0 Å². The van der Waals surface area contributed by atoms with Crippen LogP contribution < -0.4 is 9.62 Å². The molecule has 0 aliphatic rings. The molecule has 3 aromatic rings. The number of rotatable bonds is 9. The van der Waals surface area contributed by atoms with Gasteiger partial charge in [0.25, 0.3) is 10.0 Å². The van der Waals surface area contributed by atoms with Crippen molar-refractivity contribution in [1.29, 1.82) is 0 Å². The molecule has 0 heterocycles. The van der Waals surface area contributed by atoms with Gasteiger partial charge in [0.2, 0.25) is 11.8 Å². The average molecular weight is 570 g/mol. The zero-order valence-corrected chi connectivity index (χ0v) is 24.8. The van der Waals surface area contributed by atoms with Crippen molar-refractivity contribution >= 4 is 39.1 Å². The summed E-state index contributed by atoms with van der Waals surface area (Å²) in [6.45, 7) is 10.5. The first-order chi connectivity index (χ1) is 18.2. The molecule has 7 nitrogen and oxygen atoms in total. The number of benzene rings is 3. The number of amides is 2. The highest BCUT2D eigenvalue weighted by Gasteiger charge is 2.33. The molecule has 0 radical (unpaired) electrons. The van der Waals surface area contributed by atoms with E-state index < -0.39 is 34.1 Å². The van der Waals surface area contributed by atoms with E-state index in [0.717, 1.165) is 21.0 Å². The van der Waals surface area contributed by atoms with Crippen LogP contribution in [-0.4, -0.2) is 43.3 Å². The standard InChI is InChI=1S/C30H36ClN3O4S/c1-21-15-22(2)17-26(16-21)34(39(37,38)27-13-8-7-9-14-27)20-28(35)33(19-24-11-10-12-25(31)18-24)23(3)29(36)32-30(4,5)6/h7-18,23H,19-20H2,1-6H3,(H,32,36). The SMILES string of the molecule is Cc1cc(C)cc(N(CC(=O)N(Cc2cccc(Cl)c2)C(C)C(=O)NC(C)(C)C)S(=O)(=O)c2ccccc2)c1. The minimum atomic E-state index is -4.11. The summed E-state index contributed by atoms with van der Waals surface area (Å²) >= 11 is 6.19. The van der Waals surface area contributed by atoms with Gasteiger partial charge >= 0.3 is 0 Å². The minimum absolute atomic E-state index is 0.0666. The second kappa shape index (κ2) is 12.2. The Morgan fingerprint density at radius 1 is 0.923 bits per heavy atom. The van der Waals surface area contributed by atoms with Crippen LogP contribution in [0.1, 0.15) is 44.4 Å². The molecule has 0 aliphatic carbocycles. The van der Waals surface area contributed by atoms with E-state index in [2.05, 4.69) is 5.32 Å². The van der Waals surface area contributed by atoms with Crippen LogP contribution in [0.3, 0.4) is 0 Å². The number of carbonyl (C=O) groups excluding carboxylic acids is 2. The molecule has 208 valence electrons. The van der Waals surface area contributed by atoms with E-state index in [1.54, 1.807) is 55.5 Å². The lowest BCUT2D eigenvalue weighted by Crippen LogP contribution is -2.54. The quantitative estimate of drug-likeness (QED) is 0.369. The summed E-state index contributed by atoms with van der Waals surface area (Å²) in [6, 6.07) is 19.5. The number of nitrogens with zero attached hydrogens (tertiary/aromatic N) is 2. The van der Waals surface area contributed by atoms with Crippen molar-refractivity contribution in [2.75, 3.05) is 10.8 Å². The monoisotopic (exact) mass is 569 g/mol. The summed E-state index contributed by atoms with van der Waals surface area (Å²) < 4.78 is 28.8. The van der Waals surface area contributed by atoms with Crippen molar-refractivity contribution < 1.29 is 18.0 Å². The molecule has 0 aromatic heterocycles. The molecule has 0 bridgehead atoms. The van der Waals surface area contributed by atoms with Gasteiger partial charge in [-0.2, -0.15) is 0 Å². The highest BCUT2D eigenvalue weighted by molar-refractivity contribution is 7.92. The molecule has 39 heavy (non-hydrogen) atoms. The van der Waals surface area contributed by atoms with E-state index in [0.29, 0.717) is 10.7 Å². The van der Waals surface area contributed by atoms with Crippen LogP contribution >= 0.6 is 11.6 Å². The molecule has 1 atom stereocenters. The van der Waals surface area contributed by atoms with Crippen LogP contribution in [0, 0.1) is 13.8 Å². The second-order valence-corrected chi connectivity index (χ2v) is 13.0. The van der Waals surface area contributed by atoms with E-state index in [-0.39, 0.29) is 17.3 Å². The Bertz CT molecular complexity index is 1420. The fraction of sp³-hybridized carbons (Fsp3) is 0.333. The van der Waals surface area contributed by atoms with Gasteiger partial charge in [-0.1, -0.05) is 48.0 Å². The van der Waals surface area contributed by atoms with Gasteiger partial charge in [0, 0.05) is 17.1 Å². The van der Waals surface area contributed by atoms with Crippen molar-refractivity contribution in [2.45, 2.75) is 64.6 Å². The lowest BCUT2D eigenvalue weighted by Gasteiger charge is -2.33. The van der Waals surface area contributed by atoms with Gasteiger partial charge in [-0.3, -0.25) is 13.9 Å². The lowest BCUT2D eigenvalue weighted by atomic mass is 10.1. The Labute approximate surface area is 236 Å². The molecule has 1 unspecified atom stereocenters. The molecular formula is C30H36ClN3O4S. The molecule has 3 rings (SSSR count). The summed E-state index contributed by atoms with van der Waals surface area (Å²) in [5.41, 5.74) is 2.30. The molecular weight excluding hydrogens is 534 g/mol. The fourth-order valence-electron chi connectivity index (χ4n) is 4.23. The van der Waals surface area contributed by atoms with Gasteiger partial charge in [-0.05, 0) is 94.6 Å². The summed E-state index contributed by atoms with van der Waals surface area (Å²) in [5, 5.41) is 3.41. The van der Waals surface area contributed by atoms with Crippen LogP contribution in [0.5, 0.6) is 0 Å². The third-order valence-electron chi connectivity index (χ3n) is 6.01. The lowest BCUT2D eigenvalue weighted by molar-refractivity contribution is -0.140. The molecule has 3 aromatic carbocycles. The summed E-state index contributed by atoms with van der Waals surface area (Å²) in [6.07, 6.45) is 0. The van der Waals surface area contributed by atoms with E-state index >= 15 is 0 Å². The van der Waals surface area contributed by atoms with Crippen molar-refractivity contribution in [3.05, 3.63) is 94.5 Å². The zero-order chi connectivity index (χ0) is 29.0. The Balaban J connectivity index is 2.06. The fourth-order valence-corrected chi connectivity index (χ4v) is 5.86. The normalized spacial score (nSPS) is 12.5. The Morgan fingerprint density at radius 2 is 1.54 bits per heavy atom. The van der Waals surface area contributed by atoms with Gasteiger partial charge in [-0.25, -0.2) is 8.42 Å². The maximum absolute atomic E-state index is 14.0. The summed E-state index contributed by atoms with van der Waals surface area (Å²) in [5.74, 6) is -0.869. The minimum Gasteiger partial charge on any atom is -0.350 e. The van der Waals surface area contributed by atoms with E-state index in [9.17, 15) is 18.0 Å². The van der Waals surface area contributed by atoms with E-state index in [1.807, 2.05) is 46.8 Å². The number of halogens is 1. The highest BCUT2D eigenvalue weighted by atomic mass is 35.5. The summed E-state index contributed by atoms with van der Waals surface area (Å²) in [4.78, 5) is 28.6. The van der Waals surface area contributed by atoms with E-state index in [1.165, 1.54) is 17.0 Å². The van der Waals surface area contributed by atoms with Crippen LogP contribution in [0.2, 0.25) is 5.02 Å². The first kappa shape index (κ1) is 30.2. The van der Waals surface area contributed by atoms with Crippen molar-refractivity contribution in [1.82, 2.24) is 10.2 Å². The number of hydrogen-bond donors (Lipinski definition) is 1. The van der Waals surface area contributed by atoms with Gasteiger partial charge in [0.05, 0.1) is 10.6 Å². The average Bonchev–Trinajstić information content (AvgIpc) is 2.84. The third-order valence-corrected chi connectivity index (χ3v) is 8.04.